The number of hydrogen-bond acceptors (Lipinski definition) is 4. The molecule has 0 saturated heterocycles. The van der Waals surface area contributed by atoms with Crippen LogP contribution in [0.2, 0.25) is 0 Å². The Balaban J connectivity index is 1.60. The molecule has 0 aromatic heterocycles. The third kappa shape index (κ3) is 2.48. The lowest BCUT2D eigenvalue weighted by atomic mass is 9.98. The van der Waals surface area contributed by atoms with Gasteiger partial charge in [0.2, 0.25) is 0 Å². The van der Waals surface area contributed by atoms with Crippen molar-refractivity contribution in [3.8, 4) is 11.5 Å². The zero-order valence-corrected chi connectivity index (χ0v) is 13.9. The average Bonchev–Trinajstić information content (AvgIpc) is 2.73. The molecule has 0 radical (unpaired) electrons. The van der Waals surface area contributed by atoms with Crippen molar-refractivity contribution in [1.29, 1.82) is 0 Å². The van der Waals surface area contributed by atoms with Gasteiger partial charge in [0.25, 0.3) is 0 Å². The molecule has 26 heavy (non-hydrogen) atoms. The summed E-state index contributed by atoms with van der Waals surface area (Å²) < 4.78 is 0. The van der Waals surface area contributed by atoms with Crippen molar-refractivity contribution in [2.24, 2.45) is 0 Å². The molecule has 0 spiro atoms. The quantitative estimate of drug-likeness (QED) is 0.722. The van der Waals surface area contributed by atoms with Crippen molar-refractivity contribution in [1.82, 2.24) is 11.0 Å². The molecule has 2 heterocycles. The van der Waals surface area contributed by atoms with Gasteiger partial charge in [0.15, 0.2) is 11.5 Å². The molecule has 2 N–H and O–H groups in total. The highest BCUT2D eigenvalue weighted by Crippen LogP contribution is 2.33. The van der Waals surface area contributed by atoms with Gasteiger partial charge in [0.05, 0.1) is 11.4 Å². The summed E-state index contributed by atoms with van der Waals surface area (Å²) in [5.41, 5.74) is 12.1. The van der Waals surface area contributed by atoms with E-state index in [1.54, 1.807) is 0 Å². The summed E-state index contributed by atoms with van der Waals surface area (Å²) in [6.07, 6.45) is 4.19. The van der Waals surface area contributed by atoms with Crippen LogP contribution in [0.15, 0.2) is 72.8 Å². The number of nitrogens with one attached hydrogen (secondary N) is 2. The zero-order chi connectivity index (χ0) is 17.3. The Bertz CT molecular complexity index is 969. The first-order valence-corrected chi connectivity index (χ1v) is 8.45. The average molecular weight is 340 g/mol. The molecule has 0 unspecified atom stereocenters. The van der Waals surface area contributed by atoms with Gasteiger partial charge in [-0.15, -0.1) is 0 Å². The first-order valence-electron chi connectivity index (χ1n) is 8.45. The highest BCUT2D eigenvalue weighted by atomic mass is 16.7. The second-order valence-corrected chi connectivity index (χ2v) is 6.15. The molecular formula is C22H16N2O2. The molecular weight excluding hydrogens is 324 g/mol. The van der Waals surface area contributed by atoms with E-state index in [2.05, 4.69) is 35.2 Å². The van der Waals surface area contributed by atoms with E-state index in [-0.39, 0.29) is 0 Å². The van der Waals surface area contributed by atoms with E-state index in [4.69, 9.17) is 9.68 Å². The predicted molar refractivity (Wildman–Crippen MR) is 103 cm³/mol. The van der Waals surface area contributed by atoms with E-state index < -0.39 is 0 Å². The van der Waals surface area contributed by atoms with E-state index >= 15 is 0 Å². The summed E-state index contributed by atoms with van der Waals surface area (Å²) in [6, 6.07) is 24.0. The van der Waals surface area contributed by atoms with Crippen LogP contribution < -0.4 is 20.6 Å². The molecule has 5 rings (SSSR count). The summed E-state index contributed by atoms with van der Waals surface area (Å²) in [6.45, 7) is 0. The SMILES string of the molecule is C1=C(c2ccccc2C2=Cc3ccccc3ON2)NOc2ccccc21. The van der Waals surface area contributed by atoms with Crippen molar-refractivity contribution in [3.63, 3.8) is 0 Å². The summed E-state index contributed by atoms with van der Waals surface area (Å²) in [5, 5.41) is 0. The highest BCUT2D eigenvalue weighted by Gasteiger charge is 2.19. The molecule has 3 aromatic rings. The van der Waals surface area contributed by atoms with Crippen molar-refractivity contribution in [3.05, 3.63) is 95.1 Å². The van der Waals surface area contributed by atoms with Gasteiger partial charge in [-0.2, -0.15) is 0 Å². The lowest BCUT2D eigenvalue weighted by molar-refractivity contribution is 0.247. The Kier molecular flexibility index (Phi) is 3.39. The van der Waals surface area contributed by atoms with Gasteiger partial charge in [0.1, 0.15) is 0 Å². The van der Waals surface area contributed by atoms with Gasteiger partial charge in [-0.25, -0.2) is 11.0 Å². The Hall–Kier alpha value is -3.66. The van der Waals surface area contributed by atoms with Gasteiger partial charge in [0, 0.05) is 22.3 Å². The minimum absolute atomic E-state index is 0.820. The standard InChI is InChI=1S/C22H16N2O2/c1-5-11-21-15(7-1)13-19(23-25-21)17-9-3-4-10-18(17)20-14-16-8-2-6-12-22(16)26-24-20/h1-14,23-24H. The van der Waals surface area contributed by atoms with Crippen LogP contribution >= 0.6 is 0 Å². The maximum Gasteiger partial charge on any atom is 0.162 e. The first kappa shape index (κ1) is 14.7. The Morgan fingerprint density at radius 1 is 0.500 bits per heavy atom. The molecule has 2 aliphatic heterocycles. The molecule has 3 aromatic carbocycles. The third-order valence-electron chi connectivity index (χ3n) is 4.49. The monoisotopic (exact) mass is 340 g/mol. The van der Waals surface area contributed by atoms with Crippen molar-refractivity contribution >= 4 is 23.5 Å². The van der Waals surface area contributed by atoms with Crippen molar-refractivity contribution in [2.75, 3.05) is 0 Å². The van der Waals surface area contributed by atoms with Gasteiger partial charge in [-0.3, -0.25) is 0 Å². The Morgan fingerprint density at radius 2 is 0.923 bits per heavy atom. The van der Waals surface area contributed by atoms with E-state index in [1.165, 1.54) is 0 Å². The van der Waals surface area contributed by atoms with E-state index in [9.17, 15) is 0 Å². The second kappa shape index (κ2) is 6.01. The molecule has 0 fully saturated rings. The number of benzene rings is 3. The number of rotatable bonds is 2. The van der Waals surface area contributed by atoms with Gasteiger partial charge in [-0.05, 0) is 24.3 Å². The van der Waals surface area contributed by atoms with Gasteiger partial charge >= 0.3 is 0 Å². The largest absolute Gasteiger partial charge is 0.382 e. The van der Waals surface area contributed by atoms with E-state index in [0.29, 0.717) is 0 Å². The summed E-state index contributed by atoms with van der Waals surface area (Å²) in [4.78, 5) is 11.4. The number of hydroxylamine groups is 2. The van der Waals surface area contributed by atoms with Crippen LogP contribution in [-0.2, 0) is 0 Å². The summed E-state index contributed by atoms with van der Waals surface area (Å²) >= 11 is 0. The Labute approximate surface area is 151 Å². The maximum absolute atomic E-state index is 5.70. The van der Waals surface area contributed by atoms with Crippen LogP contribution in [0.25, 0.3) is 23.5 Å². The van der Waals surface area contributed by atoms with Crippen LogP contribution in [0.3, 0.4) is 0 Å². The summed E-state index contributed by atoms with van der Waals surface area (Å²) in [5.74, 6) is 1.64. The minimum Gasteiger partial charge on any atom is -0.382 e. The Morgan fingerprint density at radius 3 is 1.42 bits per heavy atom. The van der Waals surface area contributed by atoms with Gasteiger partial charge in [-0.1, -0.05) is 60.7 Å². The lowest BCUT2D eigenvalue weighted by Crippen LogP contribution is -2.24. The third-order valence-corrected chi connectivity index (χ3v) is 4.49. The molecule has 4 heteroatoms. The lowest BCUT2D eigenvalue weighted by Gasteiger charge is -2.24. The summed E-state index contributed by atoms with van der Waals surface area (Å²) in [7, 11) is 0. The normalized spacial score (nSPS) is 14.3. The smallest absolute Gasteiger partial charge is 0.162 e. The molecule has 0 saturated carbocycles. The maximum atomic E-state index is 5.70. The fourth-order valence-electron chi connectivity index (χ4n) is 3.19. The number of para-hydroxylation sites is 2. The molecule has 126 valence electrons. The van der Waals surface area contributed by atoms with E-state index in [1.807, 2.05) is 60.7 Å². The van der Waals surface area contributed by atoms with E-state index in [0.717, 1.165) is 45.1 Å². The van der Waals surface area contributed by atoms with Crippen LogP contribution in [0, 0.1) is 0 Å². The van der Waals surface area contributed by atoms with Crippen LogP contribution in [0.5, 0.6) is 11.5 Å². The molecule has 4 nitrogen and oxygen atoms in total. The second-order valence-electron chi connectivity index (χ2n) is 6.15. The van der Waals surface area contributed by atoms with Gasteiger partial charge < -0.3 is 9.68 Å². The van der Waals surface area contributed by atoms with Crippen molar-refractivity contribution in [2.45, 2.75) is 0 Å². The topological polar surface area (TPSA) is 42.5 Å². The molecule has 0 bridgehead atoms. The highest BCUT2D eigenvalue weighted by molar-refractivity contribution is 5.92. The fraction of sp³-hybridized carbons (Fsp3) is 0. The van der Waals surface area contributed by atoms with Crippen LogP contribution in [0.1, 0.15) is 22.3 Å². The molecule has 2 aliphatic rings. The predicted octanol–water partition coefficient (Wildman–Crippen LogP) is 4.48. The minimum atomic E-state index is 0.820. The molecule has 0 amide bonds. The molecule has 0 atom stereocenters. The number of fused-ring (bicyclic) bond motifs is 2. The van der Waals surface area contributed by atoms with Crippen LogP contribution in [0.4, 0.5) is 0 Å². The number of hydrogen-bond donors (Lipinski definition) is 2. The fourth-order valence-corrected chi connectivity index (χ4v) is 3.19. The van der Waals surface area contributed by atoms with Crippen molar-refractivity contribution < 1.29 is 9.68 Å². The molecule has 0 aliphatic carbocycles. The first-order chi connectivity index (χ1) is 12.9. The van der Waals surface area contributed by atoms with Crippen LogP contribution in [-0.4, -0.2) is 0 Å². The zero-order valence-electron chi connectivity index (χ0n) is 13.9.